The van der Waals surface area contributed by atoms with Gasteiger partial charge in [0, 0.05) is 26.6 Å². The monoisotopic (exact) mass is 515 g/mol. The summed E-state index contributed by atoms with van der Waals surface area (Å²) in [6, 6.07) is 7.57. The molecule has 0 aliphatic carbocycles. The standard InChI is InChI=1S/C23H29N7O5S/c1-14-20(32)24-9-16-10-30(23-28-25-13-36-23)11-18(35-16)21(33)27-17(8-15-6-4-3-5-7-15)22(34)29(2)12-19(31)26-14/h3-7,13-14,16-18H,8-12H2,1-2H3,(H,24,32)(H,26,31)(H,27,33)/t14-,16+,17-,18-/m1/s1. The largest absolute Gasteiger partial charge is 0.360 e. The highest BCUT2D eigenvalue weighted by Gasteiger charge is 2.36. The molecule has 3 N–H and O–H groups in total. The number of amides is 4. The Balaban J connectivity index is 1.62. The van der Waals surface area contributed by atoms with Crippen LogP contribution >= 0.6 is 11.3 Å². The predicted molar refractivity (Wildman–Crippen MR) is 131 cm³/mol. The number of ether oxygens (including phenoxy) is 1. The molecule has 1 aromatic heterocycles. The summed E-state index contributed by atoms with van der Waals surface area (Å²) >= 11 is 1.33. The fourth-order valence-electron chi connectivity index (χ4n) is 4.15. The molecule has 2 saturated heterocycles. The lowest BCUT2D eigenvalue weighted by molar-refractivity contribution is -0.143. The Morgan fingerprint density at radius 1 is 1.08 bits per heavy atom. The van der Waals surface area contributed by atoms with E-state index in [9.17, 15) is 19.2 Å². The fourth-order valence-corrected chi connectivity index (χ4v) is 4.73. The number of nitrogens with one attached hydrogen (secondary N) is 3. The summed E-state index contributed by atoms with van der Waals surface area (Å²) in [5, 5.41) is 16.8. The first-order chi connectivity index (χ1) is 17.3. The van der Waals surface area contributed by atoms with Crippen molar-refractivity contribution in [3.8, 4) is 0 Å². The fraction of sp³-hybridized carbons (Fsp3) is 0.478. The number of morpholine rings is 1. The summed E-state index contributed by atoms with van der Waals surface area (Å²) < 4.78 is 6.04. The molecule has 1 aromatic carbocycles. The Morgan fingerprint density at radius 2 is 1.86 bits per heavy atom. The van der Waals surface area contributed by atoms with E-state index < -0.39 is 47.9 Å². The molecule has 4 amide bonds. The van der Waals surface area contributed by atoms with E-state index in [1.54, 1.807) is 12.4 Å². The van der Waals surface area contributed by atoms with E-state index in [0.29, 0.717) is 11.7 Å². The van der Waals surface area contributed by atoms with Gasteiger partial charge in [0.2, 0.25) is 22.9 Å². The van der Waals surface area contributed by atoms with E-state index in [4.69, 9.17) is 4.74 Å². The van der Waals surface area contributed by atoms with E-state index in [0.717, 1.165) is 5.56 Å². The second-order valence-electron chi connectivity index (χ2n) is 8.85. The molecule has 3 heterocycles. The van der Waals surface area contributed by atoms with Crippen molar-refractivity contribution in [3.63, 3.8) is 0 Å². The summed E-state index contributed by atoms with van der Waals surface area (Å²) in [5.41, 5.74) is 2.45. The molecule has 0 radical (unpaired) electrons. The first-order valence-electron chi connectivity index (χ1n) is 11.6. The zero-order valence-electron chi connectivity index (χ0n) is 20.0. The van der Waals surface area contributed by atoms with Crippen LogP contribution in [0.3, 0.4) is 0 Å². The molecule has 12 nitrogen and oxygen atoms in total. The number of likely N-dealkylation sites (N-methyl/N-ethyl adjacent to an activating group) is 1. The summed E-state index contributed by atoms with van der Waals surface area (Å²) in [7, 11) is 1.49. The molecule has 192 valence electrons. The number of fused-ring (bicyclic) bond motifs is 2. The smallest absolute Gasteiger partial charge is 0.251 e. The van der Waals surface area contributed by atoms with Crippen molar-refractivity contribution in [2.45, 2.75) is 37.6 Å². The van der Waals surface area contributed by atoms with Crippen LogP contribution in [0.2, 0.25) is 0 Å². The van der Waals surface area contributed by atoms with Crippen molar-refractivity contribution in [2.75, 3.05) is 38.1 Å². The highest BCUT2D eigenvalue weighted by atomic mass is 32.1. The summed E-state index contributed by atoms with van der Waals surface area (Å²) in [6.07, 6.45) is -1.20. The van der Waals surface area contributed by atoms with Crippen LogP contribution in [0.25, 0.3) is 0 Å². The van der Waals surface area contributed by atoms with Crippen LogP contribution < -0.4 is 20.9 Å². The Labute approximate surface area is 212 Å². The third-order valence-corrected chi connectivity index (χ3v) is 6.76. The van der Waals surface area contributed by atoms with Crippen LogP contribution in [0.4, 0.5) is 5.13 Å². The van der Waals surface area contributed by atoms with Crippen LogP contribution in [0.15, 0.2) is 35.8 Å². The van der Waals surface area contributed by atoms with Gasteiger partial charge in [-0.3, -0.25) is 19.2 Å². The molecule has 0 spiro atoms. The quantitative estimate of drug-likeness (QED) is 0.469. The molecule has 13 heteroatoms. The van der Waals surface area contributed by atoms with Gasteiger partial charge in [-0.1, -0.05) is 41.7 Å². The normalized spacial score (nSPS) is 26.4. The summed E-state index contributed by atoms with van der Waals surface area (Å²) in [6.45, 7) is 2.03. The average molecular weight is 516 g/mol. The second-order valence-corrected chi connectivity index (χ2v) is 9.66. The molecule has 2 bridgehead atoms. The molecular weight excluding hydrogens is 486 g/mol. The molecule has 4 rings (SSSR count). The number of benzene rings is 1. The lowest BCUT2D eigenvalue weighted by Crippen LogP contribution is -2.59. The number of anilines is 1. The molecule has 2 aromatic rings. The minimum absolute atomic E-state index is 0.129. The number of carbonyl (C=O) groups excluding carboxylic acids is 4. The van der Waals surface area contributed by atoms with Crippen LogP contribution in [0.5, 0.6) is 0 Å². The molecule has 2 fully saturated rings. The van der Waals surface area contributed by atoms with Gasteiger partial charge in [-0.05, 0) is 12.5 Å². The first kappa shape index (κ1) is 25.5. The van der Waals surface area contributed by atoms with Gasteiger partial charge in [-0.15, -0.1) is 10.2 Å². The van der Waals surface area contributed by atoms with Crippen LogP contribution in [-0.2, 0) is 30.3 Å². The van der Waals surface area contributed by atoms with Gasteiger partial charge in [0.25, 0.3) is 5.91 Å². The summed E-state index contributed by atoms with van der Waals surface area (Å²) in [5.74, 6) is -1.77. The molecule has 0 unspecified atom stereocenters. The third-order valence-electron chi connectivity index (χ3n) is 6.01. The van der Waals surface area contributed by atoms with Crippen molar-refractivity contribution >= 4 is 40.1 Å². The molecule has 4 atom stereocenters. The van der Waals surface area contributed by atoms with Crippen molar-refractivity contribution in [1.29, 1.82) is 0 Å². The van der Waals surface area contributed by atoms with Gasteiger partial charge in [-0.25, -0.2) is 0 Å². The SMILES string of the molecule is C[C@H]1NC(=O)CN(C)C(=O)[C@@H](Cc2ccccc2)NC(=O)[C@H]2CN(c3nncs3)C[C@H](CNC1=O)O2. The Morgan fingerprint density at radius 3 is 2.58 bits per heavy atom. The Bertz CT molecular complexity index is 1080. The molecular formula is C23H29N7O5S. The van der Waals surface area contributed by atoms with Crippen molar-refractivity contribution in [1.82, 2.24) is 31.0 Å². The Hall–Kier alpha value is -3.58. The minimum atomic E-state index is -0.918. The zero-order chi connectivity index (χ0) is 25.7. The maximum absolute atomic E-state index is 13.4. The van der Waals surface area contributed by atoms with E-state index >= 15 is 0 Å². The molecule has 2 aliphatic rings. The predicted octanol–water partition coefficient (Wildman–Crippen LogP) is -1.07. The van der Waals surface area contributed by atoms with Gasteiger partial charge in [-0.2, -0.15) is 0 Å². The summed E-state index contributed by atoms with van der Waals surface area (Å²) in [4.78, 5) is 54.9. The van der Waals surface area contributed by atoms with E-state index in [1.807, 2.05) is 35.2 Å². The first-order valence-corrected chi connectivity index (χ1v) is 12.5. The third kappa shape index (κ3) is 6.34. The average Bonchev–Trinajstić information content (AvgIpc) is 3.41. The highest BCUT2D eigenvalue weighted by molar-refractivity contribution is 7.13. The highest BCUT2D eigenvalue weighted by Crippen LogP contribution is 2.22. The second kappa shape index (κ2) is 11.4. The number of nitrogens with zero attached hydrogens (tertiary/aromatic N) is 4. The van der Waals surface area contributed by atoms with Crippen molar-refractivity contribution < 1.29 is 23.9 Å². The van der Waals surface area contributed by atoms with E-state index in [1.165, 1.54) is 23.3 Å². The van der Waals surface area contributed by atoms with Gasteiger partial charge in [0.05, 0.1) is 19.2 Å². The van der Waals surface area contributed by atoms with Crippen molar-refractivity contribution in [2.24, 2.45) is 0 Å². The lowest BCUT2D eigenvalue weighted by atomic mass is 10.0. The topological polar surface area (TPSA) is 146 Å². The van der Waals surface area contributed by atoms with E-state index in [-0.39, 0.29) is 26.1 Å². The lowest BCUT2D eigenvalue weighted by Gasteiger charge is -2.37. The number of hydrogen-bond donors (Lipinski definition) is 3. The van der Waals surface area contributed by atoms with Gasteiger partial charge in [0.15, 0.2) is 6.10 Å². The minimum Gasteiger partial charge on any atom is -0.360 e. The number of aromatic nitrogens is 2. The van der Waals surface area contributed by atoms with Crippen LogP contribution in [0, 0.1) is 0 Å². The molecule has 2 aliphatic heterocycles. The Kier molecular flexibility index (Phi) is 8.10. The van der Waals surface area contributed by atoms with E-state index in [2.05, 4.69) is 26.1 Å². The maximum atomic E-state index is 13.4. The van der Waals surface area contributed by atoms with Crippen LogP contribution in [0.1, 0.15) is 12.5 Å². The van der Waals surface area contributed by atoms with Gasteiger partial charge >= 0.3 is 0 Å². The van der Waals surface area contributed by atoms with Crippen molar-refractivity contribution in [3.05, 3.63) is 41.4 Å². The number of carbonyl (C=O) groups is 4. The number of hydrogen-bond acceptors (Lipinski definition) is 9. The van der Waals surface area contributed by atoms with Gasteiger partial charge in [0.1, 0.15) is 17.6 Å². The molecule has 0 saturated carbocycles. The zero-order valence-corrected chi connectivity index (χ0v) is 20.9. The maximum Gasteiger partial charge on any atom is 0.251 e. The van der Waals surface area contributed by atoms with Crippen LogP contribution in [-0.4, -0.2) is 96.2 Å². The molecule has 36 heavy (non-hydrogen) atoms. The van der Waals surface area contributed by atoms with Gasteiger partial charge < -0.3 is 30.5 Å². The number of rotatable bonds is 3.